The van der Waals surface area contributed by atoms with Crippen LogP contribution in [0.15, 0.2) is 34.4 Å². The summed E-state index contributed by atoms with van der Waals surface area (Å²) in [5.74, 6) is -0.950. The zero-order chi connectivity index (χ0) is 23.1. The second-order valence-corrected chi connectivity index (χ2v) is 9.31. The molecule has 0 radical (unpaired) electrons. The van der Waals surface area contributed by atoms with Crippen molar-refractivity contribution in [1.82, 2.24) is 0 Å². The van der Waals surface area contributed by atoms with Crippen LogP contribution in [-0.4, -0.2) is 36.2 Å². The van der Waals surface area contributed by atoms with Gasteiger partial charge in [-0.1, -0.05) is 26.0 Å². The molecule has 0 amide bonds. The van der Waals surface area contributed by atoms with E-state index in [4.69, 9.17) is 14.2 Å². The highest BCUT2D eigenvalue weighted by atomic mass is 16.6. The highest BCUT2D eigenvalue weighted by Gasteiger charge is 2.61. The predicted octanol–water partition coefficient (Wildman–Crippen LogP) is 4.44. The van der Waals surface area contributed by atoms with E-state index >= 15 is 0 Å². The van der Waals surface area contributed by atoms with Crippen LogP contribution in [0.4, 0.5) is 0 Å². The highest BCUT2D eigenvalue weighted by molar-refractivity contribution is 5.93. The maximum Gasteiger partial charge on any atom is 0.334 e. The summed E-state index contributed by atoms with van der Waals surface area (Å²) in [6, 6.07) is 0. The molecule has 1 heterocycles. The molecule has 2 fully saturated rings. The molecule has 2 saturated carbocycles. The van der Waals surface area contributed by atoms with Crippen molar-refractivity contribution in [2.45, 2.75) is 86.0 Å². The molecular formula is C25H34O6. The average Bonchev–Trinajstić information content (AvgIpc) is 3.03. The fourth-order valence-electron chi connectivity index (χ4n) is 5.32. The Balaban J connectivity index is 2.01. The molecule has 0 bridgehead atoms. The molecule has 1 aliphatic heterocycles. The molecule has 3 aliphatic rings. The highest BCUT2D eigenvalue weighted by Crippen LogP contribution is 2.58. The van der Waals surface area contributed by atoms with Crippen molar-refractivity contribution in [3.63, 3.8) is 0 Å². The zero-order valence-electron chi connectivity index (χ0n) is 19.6. The Bertz CT molecular complexity index is 878. The van der Waals surface area contributed by atoms with Crippen LogP contribution >= 0.6 is 0 Å². The molecule has 31 heavy (non-hydrogen) atoms. The normalized spacial score (nSPS) is 35.8. The molecule has 0 saturated heterocycles. The van der Waals surface area contributed by atoms with Crippen LogP contribution in [-0.2, 0) is 28.6 Å². The van der Waals surface area contributed by atoms with Crippen LogP contribution in [0.5, 0.6) is 0 Å². The summed E-state index contributed by atoms with van der Waals surface area (Å²) in [6.45, 7) is 13.0. The monoisotopic (exact) mass is 430 g/mol. The Morgan fingerprint density at radius 2 is 1.65 bits per heavy atom. The molecule has 170 valence electrons. The molecule has 0 spiro atoms. The summed E-state index contributed by atoms with van der Waals surface area (Å²) in [7, 11) is 0. The summed E-state index contributed by atoms with van der Waals surface area (Å²) in [4.78, 5) is 37.6. The van der Waals surface area contributed by atoms with E-state index in [0.29, 0.717) is 23.1 Å². The summed E-state index contributed by atoms with van der Waals surface area (Å²) in [6.07, 6.45) is 4.45. The van der Waals surface area contributed by atoms with E-state index in [1.807, 2.05) is 6.92 Å². The second-order valence-electron chi connectivity index (χ2n) is 9.31. The summed E-state index contributed by atoms with van der Waals surface area (Å²) >= 11 is 0. The lowest BCUT2D eigenvalue weighted by Gasteiger charge is -2.56. The third-order valence-electron chi connectivity index (χ3n) is 7.89. The predicted molar refractivity (Wildman–Crippen MR) is 116 cm³/mol. The number of esters is 3. The van der Waals surface area contributed by atoms with Gasteiger partial charge in [0.25, 0.3) is 0 Å². The van der Waals surface area contributed by atoms with E-state index in [1.54, 1.807) is 39.8 Å². The quantitative estimate of drug-likeness (QED) is 0.373. The molecule has 2 aliphatic carbocycles. The van der Waals surface area contributed by atoms with Crippen molar-refractivity contribution in [2.75, 3.05) is 0 Å². The van der Waals surface area contributed by atoms with Crippen LogP contribution in [0.1, 0.15) is 67.7 Å². The molecule has 0 N–H and O–H groups in total. The van der Waals surface area contributed by atoms with Gasteiger partial charge in [0.1, 0.15) is 18.3 Å². The average molecular weight is 431 g/mol. The number of hydrogen-bond acceptors (Lipinski definition) is 6. The standard InChI is InChI=1S/C25H34O6/c1-8-13(3)22(26)29-18-11-10-17-12-19-20(15(5)24(28)30-19)21(25(17,7)16(18)6)31-23(27)14(4)9-2/h8-9,16-19,21H,10-12H2,1-7H3/b13-8-,14-9-/t16-,17+,18-,19+,21+,25+/m0/s1. The Hall–Kier alpha value is -2.37. The second kappa shape index (κ2) is 8.64. The molecule has 0 aromatic carbocycles. The number of carbonyl (C=O) groups excluding carboxylic acids is 3. The van der Waals surface area contributed by atoms with Crippen LogP contribution in [0.2, 0.25) is 0 Å². The lowest BCUT2D eigenvalue weighted by Crippen LogP contribution is -2.58. The lowest BCUT2D eigenvalue weighted by molar-refractivity contribution is -0.184. The molecular weight excluding hydrogens is 396 g/mol. The molecule has 0 unspecified atom stereocenters. The number of fused-ring (bicyclic) bond motifs is 2. The first-order chi connectivity index (χ1) is 14.6. The van der Waals surface area contributed by atoms with Gasteiger partial charge in [-0.2, -0.15) is 0 Å². The third-order valence-corrected chi connectivity index (χ3v) is 7.89. The number of carbonyl (C=O) groups is 3. The summed E-state index contributed by atoms with van der Waals surface area (Å²) in [5, 5.41) is 0. The SMILES string of the molecule is C/C=C(/C)C(=O)O[C@H]1CC[C@@H]2C[C@H]3OC(=O)C(C)=C3[C@@H](OC(=O)/C(C)=C\C)[C@]2(C)[C@H]1C. The topological polar surface area (TPSA) is 78.9 Å². The van der Waals surface area contributed by atoms with Gasteiger partial charge in [0.2, 0.25) is 0 Å². The van der Waals surface area contributed by atoms with Gasteiger partial charge in [0.15, 0.2) is 0 Å². The van der Waals surface area contributed by atoms with E-state index in [0.717, 1.165) is 18.4 Å². The Morgan fingerprint density at radius 3 is 2.23 bits per heavy atom. The van der Waals surface area contributed by atoms with Crippen molar-refractivity contribution in [1.29, 1.82) is 0 Å². The van der Waals surface area contributed by atoms with Gasteiger partial charge >= 0.3 is 17.9 Å². The van der Waals surface area contributed by atoms with Crippen molar-refractivity contribution in [2.24, 2.45) is 17.3 Å². The first kappa shape index (κ1) is 23.3. The van der Waals surface area contributed by atoms with Crippen molar-refractivity contribution >= 4 is 17.9 Å². The van der Waals surface area contributed by atoms with Crippen molar-refractivity contribution < 1.29 is 28.6 Å². The first-order valence-corrected chi connectivity index (χ1v) is 11.2. The van der Waals surface area contributed by atoms with E-state index in [-0.39, 0.29) is 36.0 Å². The van der Waals surface area contributed by atoms with Gasteiger partial charge in [-0.05, 0) is 59.8 Å². The van der Waals surface area contributed by atoms with E-state index in [2.05, 4.69) is 13.8 Å². The van der Waals surface area contributed by atoms with Crippen LogP contribution < -0.4 is 0 Å². The maximum atomic E-state index is 12.8. The summed E-state index contributed by atoms with van der Waals surface area (Å²) < 4.78 is 17.6. The fraction of sp³-hybridized carbons (Fsp3) is 0.640. The molecule has 6 heteroatoms. The van der Waals surface area contributed by atoms with Gasteiger partial charge in [0, 0.05) is 33.6 Å². The third kappa shape index (κ3) is 3.85. The smallest absolute Gasteiger partial charge is 0.334 e. The van der Waals surface area contributed by atoms with E-state index < -0.39 is 17.5 Å². The molecule has 0 aromatic heterocycles. The van der Waals surface area contributed by atoms with Crippen LogP contribution in [0, 0.1) is 17.3 Å². The fourth-order valence-corrected chi connectivity index (χ4v) is 5.32. The van der Waals surface area contributed by atoms with Crippen LogP contribution in [0.25, 0.3) is 0 Å². The minimum absolute atomic E-state index is 0.0690. The van der Waals surface area contributed by atoms with Gasteiger partial charge in [-0.15, -0.1) is 0 Å². The van der Waals surface area contributed by atoms with E-state index in [1.165, 1.54) is 0 Å². The number of hydrogen-bond donors (Lipinski definition) is 0. The van der Waals surface area contributed by atoms with Gasteiger partial charge < -0.3 is 14.2 Å². The molecule has 0 aromatic rings. The largest absolute Gasteiger partial charge is 0.459 e. The van der Waals surface area contributed by atoms with Crippen LogP contribution in [0.3, 0.4) is 0 Å². The molecule has 6 nitrogen and oxygen atoms in total. The first-order valence-electron chi connectivity index (χ1n) is 11.2. The Kier molecular flexibility index (Phi) is 6.49. The lowest BCUT2D eigenvalue weighted by atomic mass is 9.52. The molecule has 3 rings (SSSR count). The van der Waals surface area contributed by atoms with Crippen molar-refractivity contribution in [3.8, 4) is 0 Å². The number of ether oxygens (including phenoxy) is 3. The van der Waals surface area contributed by atoms with Gasteiger partial charge in [0.05, 0.1) is 0 Å². The minimum Gasteiger partial charge on any atom is -0.459 e. The summed E-state index contributed by atoms with van der Waals surface area (Å²) in [5.41, 5.74) is 1.89. The maximum absolute atomic E-state index is 12.8. The van der Waals surface area contributed by atoms with Crippen molar-refractivity contribution in [3.05, 3.63) is 34.4 Å². The Labute approximate surface area is 184 Å². The number of allylic oxidation sites excluding steroid dienone is 2. The van der Waals surface area contributed by atoms with Gasteiger partial charge in [-0.25, -0.2) is 14.4 Å². The minimum atomic E-state index is -0.607. The Morgan fingerprint density at radius 1 is 1.06 bits per heavy atom. The molecule has 6 atom stereocenters. The van der Waals surface area contributed by atoms with E-state index in [9.17, 15) is 14.4 Å². The van der Waals surface area contributed by atoms with Gasteiger partial charge in [-0.3, -0.25) is 0 Å². The number of rotatable bonds is 4. The zero-order valence-corrected chi connectivity index (χ0v) is 19.6.